The van der Waals surface area contributed by atoms with Crippen molar-refractivity contribution in [3.8, 4) is 11.3 Å². The molecule has 29 heavy (non-hydrogen) atoms. The average Bonchev–Trinajstić information content (AvgIpc) is 3.27. The number of morpholine rings is 1. The Balaban J connectivity index is 1.56. The summed E-state index contributed by atoms with van der Waals surface area (Å²) in [6, 6.07) is 7.56. The maximum absolute atomic E-state index is 12.8. The lowest BCUT2D eigenvalue weighted by molar-refractivity contribution is -0.384. The molecule has 0 saturated carbocycles. The van der Waals surface area contributed by atoms with Crippen LogP contribution in [0.25, 0.3) is 17.4 Å². The molecule has 11 heteroatoms. The monoisotopic (exact) mass is 451 g/mol. The van der Waals surface area contributed by atoms with Crippen LogP contribution < -0.4 is 0 Å². The van der Waals surface area contributed by atoms with Crippen LogP contribution >= 0.6 is 35.6 Å². The van der Waals surface area contributed by atoms with Crippen LogP contribution in [-0.2, 0) is 9.53 Å². The van der Waals surface area contributed by atoms with Crippen molar-refractivity contribution in [2.75, 3.05) is 26.3 Å². The number of hydrogen-bond donors (Lipinski definition) is 0. The third kappa shape index (κ3) is 4.07. The number of thioether (sulfide) groups is 1. The Kier molecular flexibility index (Phi) is 5.70. The van der Waals surface area contributed by atoms with Gasteiger partial charge in [0.05, 0.1) is 28.1 Å². The Morgan fingerprint density at radius 3 is 2.69 bits per heavy atom. The Bertz CT molecular complexity index is 1030. The highest BCUT2D eigenvalue weighted by atomic mass is 35.5. The van der Waals surface area contributed by atoms with Crippen LogP contribution in [-0.4, -0.2) is 51.5 Å². The number of nitro groups is 1. The largest absolute Gasteiger partial charge is 0.457 e. The van der Waals surface area contributed by atoms with Gasteiger partial charge in [0, 0.05) is 36.9 Å². The van der Waals surface area contributed by atoms with Crippen LogP contribution in [0.1, 0.15) is 5.76 Å². The minimum atomic E-state index is -0.514. The molecule has 1 aromatic heterocycles. The molecule has 0 unspecified atom stereocenters. The van der Waals surface area contributed by atoms with Crippen LogP contribution in [0.5, 0.6) is 0 Å². The topological polar surface area (TPSA) is 89.1 Å². The zero-order valence-electron chi connectivity index (χ0n) is 14.9. The number of carbonyl (C=O) groups excluding carboxylic acids is 1. The van der Waals surface area contributed by atoms with Crippen molar-refractivity contribution in [1.29, 1.82) is 0 Å². The number of hydrogen-bond acceptors (Lipinski definition) is 8. The highest BCUT2D eigenvalue weighted by molar-refractivity contribution is 8.26. The fourth-order valence-corrected chi connectivity index (χ4v) is 4.54. The first kappa shape index (κ1) is 20.0. The number of non-ortho nitro benzene ring substituents is 1. The van der Waals surface area contributed by atoms with Gasteiger partial charge in [-0.1, -0.05) is 35.6 Å². The second-order valence-corrected chi connectivity index (χ2v) is 8.27. The highest BCUT2D eigenvalue weighted by Crippen LogP contribution is 2.36. The summed E-state index contributed by atoms with van der Waals surface area (Å²) in [5.74, 6) is 0.699. The maximum Gasteiger partial charge on any atom is 0.281 e. The van der Waals surface area contributed by atoms with Crippen molar-refractivity contribution in [3.63, 3.8) is 0 Å². The third-order valence-corrected chi connectivity index (χ3v) is 5.97. The van der Waals surface area contributed by atoms with Crippen LogP contribution in [0.4, 0.5) is 5.69 Å². The Labute approximate surface area is 180 Å². The second-order valence-electron chi connectivity index (χ2n) is 6.18. The Morgan fingerprint density at radius 2 is 2.00 bits per heavy atom. The zero-order chi connectivity index (χ0) is 20.5. The number of furan rings is 1. The number of nitro benzene ring substituents is 1. The lowest BCUT2D eigenvalue weighted by Crippen LogP contribution is -2.50. The van der Waals surface area contributed by atoms with Gasteiger partial charge in [0.25, 0.3) is 11.6 Å². The van der Waals surface area contributed by atoms with Crippen molar-refractivity contribution in [2.24, 2.45) is 0 Å². The van der Waals surface area contributed by atoms with E-state index < -0.39 is 4.92 Å². The van der Waals surface area contributed by atoms with Gasteiger partial charge >= 0.3 is 0 Å². The molecular formula is C18H14ClN3O5S2. The number of carbonyl (C=O) groups is 1. The summed E-state index contributed by atoms with van der Waals surface area (Å²) < 4.78 is 11.6. The molecule has 3 heterocycles. The first-order chi connectivity index (χ1) is 13.9. The molecule has 0 N–H and O–H groups in total. The summed E-state index contributed by atoms with van der Waals surface area (Å²) in [5, 5.41) is 14.4. The fraction of sp³-hybridized carbons (Fsp3) is 0.222. The molecule has 8 nitrogen and oxygen atoms in total. The van der Waals surface area contributed by atoms with Gasteiger partial charge in [0.15, 0.2) is 4.32 Å². The van der Waals surface area contributed by atoms with Crippen LogP contribution in [0.3, 0.4) is 0 Å². The van der Waals surface area contributed by atoms with E-state index in [0.29, 0.717) is 52.6 Å². The van der Waals surface area contributed by atoms with E-state index in [1.807, 2.05) is 5.01 Å². The third-order valence-electron chi connectivity index (χ3n) is 4.37. The molecule has 2 aliphatic heterocycles. The quantitative estimate of drug-likeness (QED) is 0.299. The molecule has 0 atom stereocenters. The minimum Gasteiger partial charge on any atom is -0.457 e. The average molecular weight is 452 g/mol. The SMILES string of the molecule is O=C1/C(=C/c2ccc(-c3ccc([N+](=O)[O-])cc3Cl)o2)SC(=S)N1N1CCOCC1. The molecule has 2 fully saturated rings. The number of nitrogens with zero attached hydrogens (tertiary/aromatic N) is 3. The minimum absolute atomic E-state index is 0.0997. The summed E-state index contributed by atoms with van der Waals surface area (Å²) in [6.07, 6.45) is 1.63. The number of thiocarbonyl (C=S) groups is 1. The van der Waals surface area contributed by atoms with Crippen molar-refractivity contribution in [3.05, 3.63) is 56.1 Å². The molecule has 0 spiro atoms. The van der Waals surface area contributed by atoms with Crippen molar-refractivity contribution >= 4 is 57.6 Å². The molecule has 150 valence electrons. The predicted octanol–water partition coefficient (Wildman–Crippen LogP) is 3.96. The molecule has 0 aliphatic carbocycles. The molecule has 2 aliphatic rings. The molecule has 2 aromatic rings. The molecule has 0 radical (unpaired) electrons. The van der Waals surface area contributed by atoms with Gasteiger partial charge in [-0.25, -0.2) is 10.0 Å². The van der Waals surface area contributed by atoms with Crippen molar-refractivity contribution in [1.82, 2.24) is 10.0 Å². The van der Waals surface area contributed by atoms with Crippen molar-refractivity contribution in [2.45, 2.75) is 0 Å². The van der Waals surface area contributed by atoms with Crippen LogP contribution in [0.2, 0.25) is 5.02 Å². The Hall–Kier alpha value is -2.24. The lowest BCUT2D eigenvalue weighted by Gasteiger charge is -2.33. The van der Waals surface area contributed by atoms with E-state index in [9.17, 15) is 14.9 Å². The van der Waals surface area contributed by atoms with Gasteiger partial charge in [-0.15, -0.1) is 0 Å². The molecule has 4 rings (SSSR count). The fourth-order valence-electron chi connectivity index (χ4n) is 2.98. The second kappa shape index (κ2) is 8.25. The molecule has 1 amide bonds. The summed E-state index contributed by atoms with van der Waals surface area (Å²) in [6.45, 7) is 2.30. The summed E-state index contributed by atoms with van der Waals surface area (Å²) in [4.78, 5) is 23.6. The van der Waals surface area contributed by atoms with E-state index in [4.69, 9.17) is 33.0 Å². The van der Waals surface area contributed by atoms with Crippen molar-refractivity contribution < 1.29 is 18.9 Å². The summed E-state index contributed by atoms with van der Waals surface area (Å²) >= 11 is 12.7. The number of hydrazine groups is 1. The predicted molar refractivity (Wildman–Crippen MR) is 113 cm³/mol. The smallest absolute Gasteiger partial charge is 0.281 e. The Morgan fingerprint density at radius 1 is 1.24 bits per heavy atom. The van der Waals surface area contributed by atoms with Gasteiger partial charge in [-0.05, 0) is 18.2 Å². The summed E-state index contributed by atoms with van der Waals surface area (Å²) in [7, 11) is 0. The van der Waals surface area contributed by atoms with Crippen LogP contribution in [0.15, 0.2) is 39.7 Å². The zero-order valence-corrected chi connectivity index (χ0v) is 17.3. The number of rotatable bonds is 4. The van der Waals surface area contributed by atoms with E-state index in [-0.39, 0.29) is 16.6 Å². The first-order valence-corrected chi connectivity index (χ1v) is 10.2. The van der Waals surface area contributed by atoms with E-state index in [1.54, 1.807) is 18.2 Å². The van der Waals surface area contributed by atoms with E-state index in [0.717, 1.165) is 0 Å². The molecule has 0 bridgehead atoms. The number of amides is 1. The molecular weight excluding hydrogens is 438 g/mol. The maximum atomic E-state index is 12.8. The highest BCUT2D eigenvalue weighted by Gasteiger charge is 2.37. The van der Waals surface area contributed by atoms with Gasteiger partial charge in [-0.3, -0.25) is 14.9 Å². The number of ether oxygens (including phenoxy) is 1. The number of halogens is 1. The van der Waals surface area contributed by atoms with Gasteiger partial charge < -0.3 is 9.15 Å². The van der Waals surface area contributed by atoms with Gasteiger partial charge in [-0.2, -0.15) is 0 Å². The standard InChI is InChI=1S/C18H14ClN3O5S2/c19-14-9-11(22(24)25)1-3-13(14)15-4-2-12(27-15)10-16-17(23)21(18(28)29-16)20-5-7-26-8-6-20/h1-4,9-10H,5-8H2/b16-10-. The van der Waals surface area contributed by atoms with E-state index in [2.05, 4.69) is 0 Å². The molecule has 1 aromatic carbocycles. The van der Waals surface area contributed by atoms with Gasteiger partial charge in [0.2, 0.25) is 0 Å². The number of benzene rings is 1. The lowest BCUT2D eigenvalue weighted by atomic mass is 10.1. The molecule has 2 saturated heterocycles. The summed E-state index contributed by atoms with van der Waals surface area (Å²) in [5.41, 5.74) is 0.426. The van der Waals surface area contributed by atoms with E-state index in [1.165, 1.54) is 35.0 Å². The van der Waals surface area contributed by atoms with Gasteiger partial charge in [0.1, 0.15) is 11.5 Å². The van der Waals surface area contributed by atoms with Crippen LogP contribution in [0, 0.1) is 10.1 Å². The normalized spacial score (nSPS) is 19.3. The van der Waals surface area contributed by atoms with E-state index >= 15 is 0 Å². The first-order valence-electron chi connectivity index (χ1n) is 8.59.